The zero-order valence-electron chi connectivity index (χ0n) is 10.3. The van der Waals surface area contributed by atoms with Crippen molar-refractivity contribution < 1.29 is 22.8 Å². The number of nitrogens with zero attached hydrogens (tertiary/aromatic N) is 2. The molecule has 1 aromatic heterocycles. The van der Waals surface area contributed by atoms with Gasteiger partial charge in [-0.2, -0.15) is 4.39 Å². The van der Waals surface area contributed by atoms with Gasteiger partial charge in [-0.25, -0.2) is 9.18 Å². The lowest BCUT2D eigenvalue weighted by Crippen LogP contribution is -2.33. The van der Waals surface area contributed by atoms with Crippen molar-refractivity contribution in [3.63, 3.8) is 0 Å². The van der Waals surface area contributed by atoms with E-state index in [0.29, 0.717) is 6.42 Å². The van der Waals surface area contributed by atoms with E-state index >= 15 is 0 Å². The molecule has 2 heterocycles. The first-order chi connectivity index (χ1) is 9.63. The van der Waals surface area contributed by atoms with Crippen LogP contribution in [-0.2, 0) is 4.74 Å². The summed E-state index contributed by atoms with van der Waals surface area (Å²) in [6.45, 7) is 3.79. The van der Waals surface area contributed by atoms with Crippen LogP contribution >= 0.6 is 0 Å². The van der Waals surface area contributed by atoms with Gasteiger partial charge in [0.15, 0.2) is 11.6 Å². The van der Waals surface area contributed by atoms with Gasteiger partial charge in [-0.15, -0.1) is 6.58 Å². The van der Waals surface area contributed by atoms with Gasteiger partial charge in [0.2, 0.25) is 11.4 Å². The lowest BCUT2D eigenvalue weighted by molar-refractivity contribution is 0.178. The second-order valence-electron chi connectivity index (χ2n) is 4.37. The molecule has 1 aromatic carbocycles. The normalized spacial score (nSPS) is 18.6. The zero-order valence-corrected chi connectivity index (χ0v) is 10.3. The van der Waals surface area contributed by atoms with Crippen molar-refractivity contribution >= 4 is 22.9 Å². The smallest absolute Gasteiger partial charge is 0.416 e. The number of aromatic nitrogens is 1. The van der Waals surface area contributed by atoms with Crippen molar-refractivity contribution in [2.75, 3.05) is 11.5 Å². The van der Waals surface area contributed by atoms with Crippen LogP contribution in [0, 0.1) is 11.6 Å². The lowest BCUT2D eigenvalue weighted by Gasteiger charge is -2.17. The quantitative estimate of drug-likeness (QED) is 0.811. The maximum absolute atomic E-state index is 13.6. The average molecular weight is 280 g/mol. The van der Waals surface area contributed by atoms with E-state index in [-0.39, 0.29) is 29.4 Å². The third-order valence-electron chi connectivity index (χ3n) is 3.14. The van der Waals surface area contributed by atoms with Gasteiger partial charge in [-0.05, 0) is 18.6 Å². The Morgan fingerprint density at radius 3 is 3.05 bits per heavy atom. The van der Waals surface area contributed by atoms with Gasteiger partial charge in [0.05, 0.1) is 11.4 Å². The predicted octanol–water partition coefficient (Wildman–Crippen LogP) is 3.01. The average Bonchev–Trinajstić information content (AvgIpc) is 2.99. The summed E-state index contributed by atoms with van der Waals surface area (Å²) in [7, 11) is 0. The molecule has 0 bridgehead atoms. The second-order valence-corrected chi connectivity index (χ2v) is 4.37. The molecule has 0 saturated carbocycles. The Balaban J connectivity index is 2.12. The van der Waals surface area contributed by atoms with Crippen LogP contribution in [0.5, 0.6) is 0 Å². The molecule has 1 fully saturated rings. The number of benzene rings is 1. The molecule has 0 unspecified atom stereocenters. The fraction of sp³-hybridized carbons (Fsp3) is 0.231. The summed E-state index contributed by atoms with van der Waals surface area (Å²) >= 11 is 0. The number of hydrogen-bond acceptors (Lipinski definition) is 4. The van der Waals surface area contributed by atoms with E-state index in [0.717, 1.165) is 6.07 Å². The van der Waals surface area contributed by atoms with Crippen LogP contribution < -0.4 is 4.90 Å². The van der Waals surface area contributed by atoms with Gasteiger partial charge in [0.1, 0.15) is 6.61 Å². The number of rotatable bonds is 3. The van der Waals surface area contributed by atoms with Crippen LogP contribution in [0.15, 0.2) is 29.3 Å². The molecule has 0 radical (unpaired) electrons. The van der Waals surface area contributed by atoms with Gasteiger partial charge in [-0.3, -0.25) is 4.90 Å². The van der Waals surface area contributed by atoms with Crippen molar-refractivity contribution in [1.82, 2.24) is 5.16 Å². The Morgan fingerprint density at radius 2 is 2.30 bits per heavy atom. The van der Waals surface area contributed by atoms with Crippen LogP contribution in [0.1, 0.15) is 6.42 Å². The molecule has 0 N–H and O–H groups in total. The van der Waals surface area contributed by atoms with Crippen molar-refractivity contribution in [3.05, 3.63) is 36.4 Å². The Labute approximate surface area is 112 Å². The fourth-order valence-electron chi connectivity index (χ4n) is 2.20. The standard InChI is InChI=1S/C13H10F2N2O3/c1-2-3-7-6-19-13(18)17(7)12-8-4-5-9(14)10(15)11(8)20-16-12/h2,4-5,7H,1,3,6H2/t7-/m0/s1. The number of carbonyl (C=O) groups is 1. The van der Waals surface area contributed by atoms with E-state index in [4.69, 9.17) is 9.26 Å². The number of anilines is 1. The molecule has 0 spiro atoms. The van der Waals surface area contributed by atoms with Crippen molar-refractivity contribution in [1.29, 1.82) is 0 Å². The molecule has 1 aliphatic heterocycles. The van der Waals surface area contributed by atoms with Crippen molar-refractivity contribution in [2.24, 2.45) is 0 Å². The summed E-state index contributed by atoms with van der Waals surface area (Å²) in [5.74, 6) is -2.05. The Hall–Kier alpha value is -2.44. The minimum absolute atomic E-state index is 0.119. The monoisotopic (exact) mass is 280 g/mol. The number of amides is 1. The van der Waals surface area contributed by atoms with Crippen molar-refractivity contribution in [2.45, 2.75) is 12.5 Å². The van der Waals surface area contributed by atoms with Crippen LogP contribution in [0.4, 0.5) is 19.4 Å². The summed E-state index contributed by atoms with van der Waals surface area (Å²) in [6.07, 6.45) is 1.53. The highest BCUT2D eigenvalue weighted by molar-refractivity contribution is 5.99. The second kappa shape index (κ2) is 4.59. The first-order valence-electron chi connectivity index (χ1n) is 5.93. The molecule has 2 aromatic rings. The topological polar surface area (TPSA) is 55.6 Å². The third kappa shape index (κ3) is 1.74. The highest BCUT2D eigenvalue weighted by atomic mass is 19.2. The van der Waals surface area contributed by atoms with E-state index in [2.05, 4.69) is 11.7 Å². The van der Waals surface area contributed by atoms with Gasteiger partial charge in [0.25, 0.3) is 0 Å². The minimum Gasteiger partial charge on any atom is -0.447 e. The van der Waals surface area contributed by atoms with E-state index in [1.807, 2.05) is 0 Å². The first kappa shape index (κ1) is 12.6. The fourth-order valence-corrected chi connectivity index (χ4v) is 2.20. The van der Waals surface area contributed by atoms with E-state index in [9.17, 15) is 13.6 Å². The maximum atomic E-state index is 13.6. The molecule has 20 heavy (non-hydrogen) atoms. The highest BCUT2D eigenvalue weighted by Gasteiger charge is 2.37. The summed E-state index contributed by atoms with van der Waals surface area (Å²) in [4.78, 5) is 13.0. The van der Waals surface area contributed by atoms with Crippen LogP contribution in [-0.4, -0.2) is 23.9 Å². The molecule has 1 atom stereocenters. The molecule has 1 saturated heterocycles. The Kier molecular flexibility index (Phi) is 2.89. The molecule has 0 aliphatic carbocycles. The minimum atomic E-state index is -1.13. The van der Waals surface area contributed by atoms with Crippen LogP contribution in [0.25, 0.3) is 11.0 Å². The zero-order chi connectivity index (χ0) is 14.3. The third-order valence-corrected chi connectivity index (χ3v) is 3.14. The molecule has 5 nitrogen and oxygen atoms in total. The van der Waals surface area contributed by atoms with E-state index in [1.165, 1.54) is 11.0 Å². The molecule has 3 rings (SSSR count). The molecular formula is C13H10F2N2O3. The van der Waals surface area contributed by atoms with Crippen LogP contribution in [0.2, 0.25) is 0 Å². The maximum Gasteiger partial charge on any atom is 0.416 e. The Bertz CT molecular complexity index is 698. The largest absolute Gasteiger partial charge is 0.447 e. The van der Waals surface area contributed by atoms with Gasteiger partial charge >= 0.3 is 6.09 Å². The summed E-state index contributed by atoms with van der Waals surface area (Å²) < 4.78 is 36.5. The van der Waals surface area contributed by atoms with E-state index < -0.39 is 17.7 Å². The molecule has 1 aliphatic rings. The van der Waals surface area contributed by atoms with Gasteiger partial charge < -0.3 is 9.26 Å². The number of carbonyl (C=O) groups excluding carboxylic acids is 1. The molecular weight excluding hydrogens is 270 g/mol. The van der Waals surface area contributed by atoms with Crippen LogP contribution in [0.3, 0.4) is 0 Å². The summed E-state index contributed by atoms with van der Waals surface area (Å²) in [5, 5.41) is 3.89. The lowest BCUT2D eigenvalue weighted by atomic mass is 10.2. The number of hydrogen-bond donors (Lipinski definition) is 0. The number of cyclic esters (lactones) is 1. The molecule has 7 heteroatoms. The predicted molar refractivity (Wildman–Crippen MR) is 66.4 cm³/mol. The van der Waals surface area contributed by atoms with E-state index in [1.54, 1.807) is 6.08 Å². The van der Waals surface area contributed by atoms with Gasteiger partial charge in [0, 0.05) is 0 Å². The molecule has 104 valence electrons. The summed E-state index contributed by atoms with van der Waals surface area (Å²) in [5.41, 5.74) is -0.322. The Morgan fingerprint density at radius 1 is 1.50 bits per heavy atom. The van der Waals surface area contributed by atoms with Crippen molar-refractivity contribution in [3.8, 4) is 0 Å². The highest BCUT2D eigenvalue weighted by Crippen LogP contribution is 2.33. The number of halogens is 2. The number of ether oxygens (including phenoxy) is 1. The summed E-state index contributed by atoms with van der Waals surface area (Å²) in [6, 6.07) is 1.99. The number of fused-ring (bicyclic) bond motifs is 1. The first-order valence-corrected chi connectivity index (χ1v) is 5.93. The molecule has 1 amide bonds. The van der Waals surface area contributed by atoms with Gasteiger partial charge in [-0.1, -0.05) is 11.2 Å². The SMILES string of the molecule is C=CC[C@H]1COC(=O)N1c1noc2c(F)c(F)ccc12.